The van der Waals surface area contributed by atoms with Gasteiger partial charge in [0.15, 0.2) is 0 Å². The number of aryl methyl sites for hydroxylation is 1. The molecule has 0 aliphatic carbocycles. The largest absolute Gasteiger partial charge is 0.397 e. The Labute approximate surface area is 159 Å². The van der Waals surface area contributed by atoms with Gasteiger partial charge in [0.25, 0.3) is 0 Å². The van der Waals surface area contributed by atoms with E-state index < -0.39 is 10.0 Å². The lowest BCUT2D eigenvalue weighted by atomic mass is 10.1. The fraction of sp³-hybridized carbons (Fsp3) is 0.316. The third kappa shape index (κ3) is 4.85. The molecule has 8 heteroatoms. The van der Waals surface area contributed by atoms with E-state index >= 15 is 0 Å². The van der Waals surface area contributed by atoms with Gasteiger partial charge in [-0.05, 0) is 36.2 Å². The number of hydrogen-bond acceptors (Lipinski definition) is 5. The lowest BCUT2D eigenvalue weighted by molar-refractivity contribution is -0.116. The van der Waals surface area contributed by atoms with Crippen molar-refractivity contribution in [2.45, 2.75) is 17.7 Å². The maximum atomic E-state index is 12.6. The molecule has 1 heterocycles. The molecule has 0 spiro atoms. The minimum atomic E-state index is -3.50. The summed E-state index contributed by atoms with van der Waals surface area (Å²) in [7, 11) is -3.50. The van der Waals surface area contributed by atoms with Crippen LogP contribution in [0.4, 0.5) is 11.4 Å². The Bertz CT molecular complexity index is 891. The molecule has 0 radical (unpaired) electrons. The molecule has 0 saturated carbocycles. The second-order valence-electron chi connectivity index (χ2n) is 6.30. The molecular formula is C19H23N3O4S. The molecule has 2 aromatic rings. The first kappa shape index (κ1) is 19.3. The lowest BCUT2D eigenvalue weighted by Crippen LogP contribution is -2.40. The topological polar surface area (TPSA) is 102 Å². The molecule has 0 unspecified atom stereocenters. The van der Waals surface area contributed by atoms with Crippen LogP contribution in [0.15, 0.2) is 53.4 Å². The fourth-order valence-electron chi connectivity index (χ4n) is 2.85. The molecule has 1 fully saturated rings. The maximum absolute atomic E-state index is 12.6. The Morgan fingerprint density at radius 2 is 1.74 bits per heavy atom. The number of nitrogen functional groups attached to an aromatic ring is 1. The van der Waals surface area contributed by atoms with Crippen LogP contribution >= 0.6 is 0 Å². The molecule has 1 amide bonds. The van der Waals surface area contributed by atoms with E-state index in [0.717, 1.165) is 5.56 Å². The van der Waals surface area contributed by atoms with E-state index in [9.17, 15) is 13.2 Å². The van der Waals surface area contributed by atoms with E-state index in [2.05, 4.69) is 5.32 Å². The van der Waals surface area contributed by atoms with E-state index in [4.69, 9.17) is 10.5 Å². The van der Waals surface area contributed by atoms with Crippen molar-refractivity contribution in [2.75, 3.05) is 37.4 Å². The summed E-state index contributed by atoms with van der Waals surface area (Å²) in [6.07, 6.45) is 0.792. The Balaban J connectivity index is 1.57. The molecule has 27 heavy (non-hydrogen) atoms. The minimum Gasteiger partial charge on any atom is -0.397 e. The number of rotatable bonds is 6. The number of morpholine rings is 1. The van der Waals surface area contributed by atoms with Crippen molar-refractivity contribution in [1.29, 1.82) is 0 Å². The van der Waals surface area contributed by atoms with Crippen molar-refractivity contribution in [3.8, 4) is 0 Å². The van der Waals surface area contributed by atoms with Gasteiger partial charge in [-0.25, -0.2) is 8.42 Å². The van der Waals surface area contributed by atoms with Gasteiger partial charge < -0.3 is 15.8 Å². The summed E-state index contributed by atoms with van der Waals surface area (Å²) in [5, 5.41) is 2.78. The molecular weight excluding hydrogens is 366 g/mol. The highest BCUT2D eigenvalue weighted by molar-refractivity contribution is 7.89. The van der Waals surface area contributed by atoms with Gasteiger partial charge in [-0.2, -0.15) is 4.31 Å². The fourth-order valence-corrected chi connectivity index (χ4v) is 4.25. The highest BCUT2D eigenvalue weighted by atomic mass is 32.2. The lowest BCUT2D eigenvalue weighted by Gasteiger charge is -2.26. The molecule has 3 rings (SSSR count). The molecule has 7 nitrogen and oxygen atoms in total. The van der Waals surface area contributed by atoms with Crippen molar-refractivity contribution in [3.05, 3.63) is 54.1 Å². The Morgan fingerprint density at radius 3 is 2.41 bits per heavy atom. The van der Waals surface area contributed by atoms with Crippen LogP contribution in [0.5, 0.6) is 0 Å². The number of carbonyl (C=O) groups excluding carboxylic acids is 1. The number of hydrogen-bond donors (Lipinski definition) is 2. The zero-order valence-electron chi connectivity index (χ0n) is 14.9. The number of nitrogens with one attached hydrogen (secondary N) is 1. The summed E-state index contributed by atoms with van der Waals surface area (Å²) in [4.78, 5) is 12.3. The molecule has 2 aromatic carbocycles. The number of amides is 1. The van der Waals surface area contributed by atoms with Crippen LogP contribution in [-0.2, 0) is 26.0 Å². The number of sulfonamides is 1. The Hall–Kier alpha value is -2.42. The van der Waals surface area contributed by atoms with E-state index in [1.165, 1.54) is 4.31 Å². The van der Waals surface area contributed by atoms with Crippen LogP contribution in [0.2, 0.25) is 0 Å². The highest BCUT2D eigenvalue weighted by Gasteiger charge is 2.26. The number of ether oxygens (including phenoxy) is 1. The van der Waals surface area contributed by atoms with Gasteiger partial charge in [0.1, 0.15) is 0 Å². The van der Waals surface area contributed by atoms with Gasteiger partial charge >= 0.3 is 0 Å². The van der Waals surface area contributed by atoms with E-state index in [1.54, 1.807) is 48.5 Å². The van der Waals surface area contributed by atoms with Gasteiger partial charge in [-0.3, -0.25) is 4.79 Å². The quantitative estimate of drug-likeness (QED) is 0.735. The average Bonchev–Trinajstić information content (AvgIpc) is 2.69. The van der Waals surface area contributed by atoms with Crippen molar-refractivity contribution < 1.29 is 17.9 Å². The summed E-state index contributed by atoms with van der Waals surface area (Å²) in [5.74, 6) is -0.141. The predicted octanol–water partition coefficient (Wildman–Crippen LogP) is 1.86. The van der Waals surface area contributed by atoms with Gasteiger partial charge in [0, 0.05) is 19.5 Å². The average molecular weight is 389 g/mol. The number of para-hydroxylation sites is 2. The van der Waals surface area contributed by atoms with Gasteiger partial charge in [0.05, 0.1) is 29.5 Å². The highest BCUT2D eigenvalue weighted by Crippen LogP contribution is 2.19. The monoisotopic (exact) mass is 389 g/mol. The summed E-state index contributed by atoms with van der Waals surface area (Å²) in [6, 6.07) is 13.8. The van der Waals surface area contributed by atoms with Crippen LogP contribution < -0.4 is 11.1 Å². The summed E-state index contributed by atoms with van der Waals surface area (Å²) in [6.45, 7) is 1.57. The van der Waals surface area contributed by atoms with Crippen LogP contribution in [0.25, 0.3) is 0 Å². The maximum Gasteiger partial charge on any atom is 0.243 e. The molecule has 0 aromatic heterocycles. The number of anilines is 2. The van der Waals surface area contributed by atoms with Gasteiger partial charge in [-0.15, -0.1) is 0 Å². The van der Waals surface area contributed by atoms with E-state index in [-0.39, 0.29) is 17.2 Å². The van der Waals surface area contributed by atoms with Crippen molar-refractivity contribution >= 4 is 27.3 Å². The van der Waals surface area contributed by atoms with E-state index in [0.29, 0.717) is 44.1 Å². The normalized spacial score (nSPS) is 15.4. The summed E-state index contributed by atoms with van der Waals surface area (Å²) < 4.78 is 31.8. The number of benzene rings is 2. The molecule has 3 N–H and O–H groups in total. The van der Waals surface area contributed by atoms with Crippen LogP contribution in [0, 0.1) is 0 Å². The third-order valence-corrected chi connectivity index (χ3v) is 6.32. The zero-order chi connectivity index (χ0) is 19.3. The molecule has 0 bridgehead atoms. The molecule has 1 aliphatic heterocycles. The van der Waals surface area contributed by atoms with Gasteiger partial charge in [-0.1, -0.05) is 24.3 Å². The van der Waals surface area contributed by atoms with Crippen molar-refractivity contribution in [1.82, 2.24) is 4.31 Å². The second-order valence-corrected chi connectivity index (χ2v) is 8.23. The zero-order valence-corrected chi connectivity index (χ0v) is 15.7. The smallest absolute Gasteiger partial charge is 0.243 e. The number of carbonyl (C=O) groups is 1. The Morgan fingerprint density at radius 1 is 1.07 bits per heavy atom. The summed E-state index contributed by atoms with van der Waals surface area (Å²) >= 11 is 0. The SMILES string of the molecule is Nc1ccccc1NC(=O)CCc1ccc(S(=O)(=O)N2CCOCC2)cc1. The van der Waals surface area contributed by atoms with Crippen molar-refractivity contribution in [3.63, 3.8) is 0 Å². The van der Waals surface area contributed by atoms with Crippen molar-refractivity contribution in [2.24, 2.45) is 0 Å². The first-order valence-electron chi connectivity index (χ1n) is 8.78. The number of nitrogens with zero attached hydrogens (tertiary/aromatic N) is 1. The third-order valence-electron chi connectivity index (χ3n) is 4.41. The Kier molecular flexibility index (Phi) is 6.10. The predicted molar refractivity (Wildman–Crippen MR) is 104 cm³/mol. The van der Waals surface area contributed by atoms with E-state index in [1.807, 2.05) is 0 Å². The first-order chi connectivity index (χ1) is 13.0. The molecule has 1 aliphatic rings. The van der Waals surface area contributed by atoms with Gasteiger partial charge in [0.2, 0.25) is 15.9 Å². The minimum absolute atomic E-state index is 0.141. The molecule has 144 valence electrons. The van der Waals surface area contributed by atoms with Crippen LogP contribution in [0.3, 0.4) is 0 Å². The molecule has 1 saturated heterocycles. The second kappa shape index (κ2) is 8.51. The molecule has 0 atom stereocenters. The van der Waals surface area contributed by atoms with Crippen LogP contribution in [0.1, 0.15) is 12.0 Å². The summed E-state index contributed by atoms with van der Waals surface area (Å²) in [5.41, 5.74) is 7.82. The number of nitrogens with two attached hydrogens (primary N) is 1. The standard InChI is InChI=1S/C19H23N3O4S/c20-17-3-1-2-4-18(17)21-19(23)10-7-15-5-8-16(9-6-15)27(24,25)22-11-13-26-14-12-22/h1-6,8-9H,7,10-14,20H2,(H,21,23). The van der Waals surface area contributed by atoms with Crippen LogP contribution in [-0.4, -0.2) is 44.9 Å². The first-order valence-corrected chi connectivity index (χ1v) is 10.2.